The number of nitrogens with one attached hydrogen (secondary N) is 1. The first kappa shape index (κ1) is 13.7. The monoisotopic (exact) mass is 299 g/mol. The van der Waals surface area contributed by atoms with Crippen molar-refractivity contribution < 1.29 is 14.7 Å². The Balaban J connectivity index is 2.69. The van der Waals surface area contributed by atoms with Crippen LogP contribution in [0.1, 0.15) is 24.2 Å². The van der Waals surface area contributed by atoms with Crippen LogP contribution in [0.3, 0.4) is 0 Å². The van der Waals surface area contributed by atoms with Crippen LogP contribution in [0.5, 0.6) is 0 Å². The van der Waals surface area contributed by atoms with Crippen LogP contribution in [-0.4, -0.2) is 23.5 Å². The molecule has 0 radical (unpaired) electrons. The zero-order valence-corrected chi connectivity index (χ0v) is 11.2. The Kier molecular flexibility index (Phi) is 4.28. The number of aliphatic carboxylic acids is 1. The van der Waals surface area contributed by atoms with Gasteiger partial charge < -0.3 is 10.4 Å². The van der Waals surface area contributed by atoms with Gasteiger partial charge in [-0.25, -0.2) is 0 Å². The summed E-state index contributed by atoms with van der Waals surface area (Å²) in [5.74, 6) is -1.23. The minimum Gasteiger partial charge on any atom is -0.481 e. The van der Waals surface area contributed by atoms with E-state index in [-0.39, 0.29) is 12.5 Å². The lowest BCUT2D eigenvalue weighted by molar-refractivity contribution is -0.146. The number of carboxylic acids is 1. The molecule has 0 fully saturated rings. The van der Waals surface area contributed by atoms with Crippen molar-refractivity contribution in [2.24, 2.45) is 5.41 Å². The maximum Gasteiger partial charge on any atom is 0.310 e. The normalized spacial score (nSPS) is 11.0. The van der Waals surface area contributed by atoms with Gasteiger partial charge in [0.15, 0.2) is 0 Å². The van der Waals surface area contributed by atoms with Gasteiger partial charge in [-0.1, -0.05) is 12.1 Å². The quantitative estimate of drug-likeness (QED) is 0.896. The molecule has 2 N–H and O–H groups in total. The van der Waals surface area contributed by atoms with Crippen LogP contribution in [0.25, 0.3) is 0 Å². The molecule has 0 aliphatic heterocycles. The Morgan fingerprint density at radius 2 is 1.94 bits per heavy atom. The second kappa shape index (κ2) is 5.31. The number of amides is 1. The van der Waals surface area contributed by atoms with Crippen LogP contribution >= 0.6 is 15.9 Å². The molecule has 0 aliphatic rings. The standard InChI is InChI=1S/C12H14BrNO3/c1-12(2,11(16)17)7-14-10(15)8-5-3-4-6-9(8)13/h3-6H,7H2,1-2H3,(H,14,15)(H,16,17). The third kappa shape index (κ3) is 3.56. The summed E-state index contributed by atoms with van der Waals surface area (Å²) in [6.07, 6.45) is 0. The molecule has 1 rings (SSSR count). The fraction of sp³-hybridized carbons (Fsp3) is 0.333. The van der Waals surface area contributed by atoms with Crippen molar-refractivity contribution in [3.05, 3.63) is 34.3 Å². The molecule has 0 spiro atoms. The first-order valence-corrected chi connectivity index (χ1v) is 5.90. The molecule has 0 saturated carbocycles. The summed E-state index contributed by atoms with van der Waals surface area (Å²) in [5, 5.41) is 11.5. The van der Waals surface area contributed by atoms with Gasteiger partial charge in [-0.3, -0.25) is 9.59 Å². The van der Waals surface area contributed by atoms with Crippen LogP contribution in [0.4, 0.5) is 0 Å². The lowest BCUT2D eigenvalue weighted by Gasteiger charge is -2.19. The van der Waals surface area contributed by atoms with E-state index >= 15 is 0 Å². The summed E-state index contributed by atoms with van der Waals surface area (Å²) in [4.78, 5) is 22.7. The Morgan fingerprint density at radius 3 is 2.47 bits per heavy atom. The summed E-state index contributed by atoms with van der Waals surface area (Å²) < 4.78 is 0.686. The molecule has 0 unspecified atom stereocenters. The summed E-state index contributed by atoms with van der Waals surface area (Å²) in [5.41, 5.74) is -0.481. The van der Waals surface area contributed by atoms with E-state index in [0.717, 1.165) is 0 Å². The first-order valence-electron chi connectivity index (χ1n) is 5.11. The first-order chi connectivity index (χ1) is 7.84. The highest BCUT2D eigenvalue weighted by Crippen LogP contribution is 2.17. The number of carbonyl (C=O) groups excluding carboxylic acids is 1. The molecule has 0 aliphatic carbocycles. The van der Waals surface area contributed by atoms with Gasteiger partial charge in [-0.2, -0.15) is 0 Å². The highest BCUT2D eigenvalue weighted by molar-refractivity contribution is 9.10. The summed E-state index contributed by atoms with van der Waals surface area (Å²) in [7, 11) is 0. The van der Waals surface area contributed by atoms with E-state index in [9.17, 15) is 9.59 Å². The van der Waals surface area contributed by atoms with E-state index in [0.29, 0.717) is 10.0 Å². The predicted octanol–water partition coefficient (Wildman–Crippen LogP) is 2.29. The molecule has 5 heteroatoms. The van der Waals surface area contributed by atoms with E-state index in [1.165, 1.54) is 0 Å². The predicted molar refractivity (Wildman–Crippen MR) is 67.9 cm³/mol. The number of carbonyl (C=O) groups is 2. The van der Waals surface area contributed by atoms with Crippen molar-refractivity contribution in [1.29, 1.82) is 0 Å². The topological polar surface area (TPSA) is 66.4 Å². The Bertz CT molecular complexity index is 443. The molecule has 1 aromatic carbocycles. The number of halogens is 1. The van der Waals surface area contributed by atoms with Gasteiger partial charge in [-0.15, -0.1) is 0 Å². The molecule has 17 heavy (non-hydrogen) atoms. The van der Waals surface area contributed by atoms with Crippen molar-refractivity contribution in [3.63, 3.8) is 0 Å². The third-order valence-electron chi connectivity index (χ3n) is 2.39. The summed E-state index contributed by atoms with van der Waals surface area (Å²) in [6, 6.07) is 6.99. The molecule has 1 amide bonds. The van der Waals surface area contributed by atoms with Crippen molar-refractivity contribution >= 4 is 27.8 Å². The van der Waals surface area contributed by atoms with Gasteiger partial charge in [0.25, 0.3) is 5.91 Å². The van der Waals surface area contributed by atoms with Gasteiger partial charge in [0.05, 0.1) is 11.0 Å². The van der Waals surface area contributed by atoms with Crippen LogP contribution in [0.2, 0.25) is 0 Å². The molecular weight excluding hydrogens is 286 g/mol. The average Bonchev–Trinajstić information content (AvgIpc) is 2.26. The van der Waals surface area contributed by atoms with Gasteiger partial charge in [0.1, 0.15) is 0 Å². The van der Waals surface area contributed by atoms with Crippen LogP contribution in [0, 0.1) is 5.41 Å². The highest BCUT2D eigenvalue weighted by Gasteiger charge is 2.27. The third-order valence-corrected chi connectivity index (χ3v) is 3.08. The molecule has 0 saturated heterocycles. The maximum atomic E-state index is 11.8. The SMILES string of the molecule is CC(C)(CNC(=O)c1ccccc1Br)C(=O)O. The Hall–Kier alpha value is -1.36. The van der Waals surface area contributed by atoms with Crippen LogP contribution in [-0.2, 0) is 4.79 Å². The molecule has 4 nitrogen and oxygen atoms in total. The molecule has 0 aromatic heterocycles. The van der Waals surface area contributed by atoms with E-state index in [4.69, 9.17) is 5.11 Å². The van der Waals surface area contributed by atoms with Crippen molar-refractivity contribution in [1.82, 2.24) is 5.32 Å². The Morgan fingerprint density at radius 1 is 1.35 bits per heavy atom. The lowest BCUT2D eigenvalue weighted by Crippen LogP contribution is -2.39. The number of hydrogen-bond acceptors (Lipinski definition) is 2. The van der Waals surface area contributed by atoms with Gasteiger partial charge in [0, 0.05) is 11.0 Å². The Labute approximate surface area is 108 Å². The largest absolute Gasteiger partial charge is 0.481 e. The number of carboxylic acid groups (broad SMARTS) is 1. The van der Waals surface area contributed by atoms with Crippen LogP contribution < -0.4 is 5.32 Å². The second-order valence-corrected chi connectivity index (χ2v) is 5.21. The van der Waals surface area contributed by atoms with E-state index in [1.807, 2.05) is 6.07 Å². The van der Waals surface area contributed by atoms with Crippen molar-refractivity contribution in [2.75, 3.05) is 6.54 Å². The zero-order chi connectivity index (χ0) is 13.1. The van der Waals surface area contributed by atoms with Crippen molar-refractivity contribution in [3.8, 4) is 0 Å². The second-order valence-electron chi connectivity index (χ2n) is 4.35. The minimum absolute atomic E-state index is 0.0858. The molecule has 0 atom stereocenters. The van der Waals surface area contributed by atoms with Gasteiger partial charge in [0.2, 0.25) is 0 Å². The minimum atomic E-state index is -0.975. The maximum absolute atomic E-state index is 11.8. The fourth-order valence-corrected chi connectivity index (χ4v) is 1.58. The van der Waals surface area contributed by atoms with Crippen LogP contribution in [0.15, 0.2) is 28.7 Å². The fourth-order valence-electron chi connectivity index (χ4n) is 1.12. The molecular formula is C12H14BrNO3. The summed E-state index contributed by atoms with van der Waals surface area (Å²) in [6.45, 7) is 3.22. The number of benzene rings is 1. The lowest BCUT2D eigenvalue weighted by atomic mass is 9.94. The highest BCUT2D eigenvalue weighted by atomic mass is 79.9. The molecule has 0 bridgehead atoms. The van der Waals surface area contributed by atoms with E-state index in [2.05, 4.69) is 21.2 Å². The van der Waals surface area contributed by atoms with E-state index in [1.54, 1.807) is 32.0 Å². The molecule has 1 aromatic rings. The smallest absolute Gasteiger partial charge is 0.310 e. The average molecular weight is 300 g/mol. The zero-order valence-electron chi connectivity index (χ0n) is 9.66. The van der Waals surface area contributed by atoms with Gasteiger partial charge >= 0.3 is 5.97 Å². The number of rotatable bonds is 4. The van der Waals surface area contributed by atoms with Gasteiger partial charge in [-0.05, 0) is 41.9 Å². The van der Waals surface area contributed by atoms with Crippen molar-refractivity contribution in [2.45, 2.75) is 13.8 Å². The van der Waals surface area contributed by atoms with E-state index < -0.39 is 11.4 Å². The molecule has 0 heterocycles. The molecule has 92 valence electrons. The number of hydrogen-bond donors (Lipinski definition) is 2. The summed E-state index contributed by atoms with van der Waals surface area (Å²) >= 11 is 3.27.